The van der Waals surface area contributed by atoms with Crippen molar-refractivity contribution in [3.05, 3.63) is 11.6 Å². The Hall–Kier alpha value is -0.870. The third-order valence-electron chi connectivity index (χ3n) is 4.02. The lowest BCUT2D eigenvalue weighted by atomic mass is 9.97. The lowest BCUT2D eigenvalue weighted by Gasteiger charge is -2.21. The fourth-order valence-corrected chi connectivity index (χ4v) is 2.89. The number of ether oxygens (including phenoxy) is 1. The van der Waals surface area contributed by atoms with Gasteiger partial charge in [-0.25, -0.2) is 4.79 Å². The Morgan fingerprint density at radius 2 is 2.35 bits per heavy atom. The number of fused-ring (bicyclic) bond motifs is 1. The molecule has 0 radical (unpaired) electrons. The van der Waals surface area contributed by atoms with Crippen LogP contribution in [0.3, 0.4) is 0 Å². The first-order valence-corrected chi connectivity index (χ1v) is 6.36. The van der Waals surface area contributed by atoms with Crippen molar-refractivity contribution in [2.45, 2.75) is 38.8 Å². The molecule has 0 aromatic heterocycles. The summed E-state index contributed by atoms with van der Waals surface area (Å²) in [7, 11) is 0. The maximum absolute atomic E-state index is 11.7. The molecule has 4 nitrogen and oxygen atoms in total. The lowest BCUT2D eigenvalue weighted by molar-refractivity contribution is -0.146. The number of allylic oxidation sites excluding steroid dienone is 1. The number of carbonyl (C=O) groups excluding carboxylic acids is 1. The standard InChI is InChI=1S/C13H21NO3/c1-3-9(2)13(16)17-12-7-14-6-4-5-11(14)10(12)8-15/h3,10-12,15H,4-8H2,1-2H3/b9-3-/t10-,11+,12+/m1/s1. The molecule has 3 atom stereocenters. The van der Waals surface area contributed by atoms with E-state index in [2.05, 4.69) is 4.90 Å². The minimum atomic E-state index is -0.253. The summed E-state index contributed by atoms with van der Waals surface area (Å²) in [6.07, 6.45) is 3.91. The summed E-state index contributed by atoms with van der Waals surface area (Å²) in [5.74, 6) is -0.164. The SMILES string of the molecule is C/C=C(/C)C(=O)O[C@H]1CN2CCC[C@H]2[C@H]1CO. The Kier molecular flexibility index (Phi) is 3.84. The molecule has 17 heavy (non-hydrogen) atoms. The third kappa shape index (κ3) is 2.38. The largest absolute Gasteiger partial charge is 0.457 e. The third-order valence-corrected chi connectivity index (χ3v) is 4.02. The zero-order valence-electron chi connectivity index (χ0n) is 10.6. The molecule has 0 spiro atoms. The van der Waals surface area contributed by atoms with Crippen molar-refractivity contribution in [2.24, 2.45) is 5.92 Å². The molecule has 0 unspecified atom stereocenters. The van der Waals surface area contributed by atoms with E-state index in [1.807, 2.05) is 6.92 Å². The molecule has 2 fully saturated rings. The molecule has 2 saturated heterocycles. The lowest BCUT2D eigenvalue weighted by Crippen LogP contribution is -2.31. The maximum atomic E-state index is 11.7. The van der Waals surface area contributed by atoms with Crippen LogP contribution in [0.15, 0.2) is 11.6 Å². The predicted octanol–water partition coefficient (Wildman–Crippen LogP) is 0.951. The Labute approximate surface area is 102 Å². The first-order valence-electron chi connectivity index (χ1n) is 6.36. The molecule has 2 heterocycles. The second kappa shape index (κ2) is 5.19. The summed E-state index contributed by atoms with van der Waals surface area (Å²) in [5.41, 5.74) is 0.633. The van der Waals surface area contributed by atoms with Crippen LogP contribution in [0.4, 0.5) is 0 Å². The van der Waals surface area contributed by atoms with Crippen LogP contribution in [-0.2, 0) is 9.53 Å². The van der Waals surface area contributed by atoms with E-state index in [9.17, 15) is 9.90 Å². The molecule has 0 aromatic carbocycles. The van der Waals surface area contributed by atoms with Crippen LogP contribution in [0, 0.1) is 5.92 Å². The van der Waals surface area contributed by atoms with Crippen LogP contribution in [0.2, 0.25) is 0 Å². The fourth-order valence-electron chi connectivity index (χ4n) is 2.89. The number of rotatable bonds is 3. The van der Waals surface area contributed by atoms with Crippen molar-refractivity contribution < 1.29 is 14.6 Å². The number of aliphatic hydroxyl groups is 1. The van der Waals surface area contributed by atoms with Crippen molar-refractivity contribution in [3.8, 4) is 0 Å². The zero-order chi connectivity index (χ0) is 12.4. The van der Waals surface area contributed by atoms with Crippen molar-refractivity contribution in [3.63, 3.8) is 0 Å². The van der Waals surface area contributed by atoms with E-state index in [1.165, 1.54) is 6.42 Å². The average molecular weight is 239 g/mol. The average Bonchev–Trinajstić information content (AvgIpc) is 2.87. The Morgan fingerprint density at radius 1 is 1.59 bits per heavy atom. The van der Waals surface area contributed by atoms with Gasteiger partial charge < -0.3 is 9.84 Å². The van der Waals surface area contributed by atoms with Gasteiger partial charge in [0.2, 0.25) is 0 Å². The highest BCUT2D eigenvalue weighted by Gasteiger charge is 2.45. The summed E-state index contributed by atoms with van der Waals surface area (Å²) in [4.78, 5) is 14.1. The van der Waals surface area contributed by atoms with Gasteiger partial charge in [-0.2, -0.15) is 0 Å². The molecule has 0 bridgehead atoms. The van der Waals surface area contributed by atoms with Crippen LogP contribution in [-0.4, -0.2) is 47.8 Å². The van der Waals surface area contributed by atoms with Gasteiger partial charge in [-0.3, -0.25) is 4.90 Å². The van der Waals surface area contributed by atoms with E-state index in [0.29, 0.717) is 11.6 Å². The van der Waals surface area contributed by atoms with Gasteiger partial charge >= 0.3 is 5.97 Å². The quantitative estimate of drug-likeness (QED) is 0.588. The van der Waals surface area contributed by atoms with Crippen molar-refractivity contribution in [2.75, 3.05) is 19.7 Å². The molecular weight excluding hydrogens is 218 g/mol. The van der Waals surface area contributed by atoms with E-state index in [4.69, 9.17) is 4.74 Å². The number of aliphatic hydroxyl groups excluding tert-OH is 1. The second-order valence-electron chi connectivity index (χ2n) is 4.97. The van der Waals surface area contributed by atoms with Gasteiger partial charge in [-0.1, -0.05) is 6.08 Å². The van der Waals surface area contributed by atoms with Gasteiger partial charge in [0.25, 0.3) is 0 Å². The number of carbonyl (C=O) groups is 1. The highest BCUT2D eigenvalue weighted by molar-refractivity contribution is 5.87. The molecule has 0 saturated carbocycles. The number of esters is 1. The Bertz CT molecular complexity index is 327. The van der Waals surface area contributed by atoms with Gasteiger partial charge in [0.15, 0.2) is 0 Å². The first-order chi connectivity index (χ1) is 8.17. The highest BCUT2D eigenvalue weighted by Crippen LogP contribution is 2.34. The summed E-state index contributed by atoms with van der Waals surface area (Å²) in [6, 6.07) is 0.406. The van der Waals surface area contributed by atoms with E-state index in [-0.39, 0.29) is 24.6 Å². The van der Waals surface area contributed by atoms with Crippen LogP contribution in [0.25, 0.3) is 0 Å². The predicted molar refractivity (Wildman–Crippen MR) is 64.5 cm³/mol. The summed E-state index contributed by atoms with van der Waals surface area (Å²) in [5, 5.41) is 9.46. The van der Waals surface area contributed by atoms with Gasteiger partial charge in [-0.15, -0.1) is 0 Å². The van der Waals surface area contributed by atoms with Gasteiger partial charge in [0.05, 0.1) is 6.61 Å². The number of hydrogen-bond donors (Lipinski definition) is 1. The summed E-state index contributed by atoms with van der Waals surface area (Å²) >= 11 is 0. The maximum Gasteiger partial charge on any atom is 0.333 e. The van der Waals surface area contributed by atoms with Crippen LogP contribution in [0.5, 0.6) is 0 Å². The smallest absolute Gasteiger partial charge is 0.333 e. The van der Waals surface area contributed by atoms with Crippen molar-refractivity contribution in [1.82, 2.24) is 4.90 Å². The van der Waals surface area contributed by atoms with Crippen LogP contribution < -0.4 is 0 Å². The van der Waals surface area contributed by atoms with Crippen molar-refractivity contribution in [1.29, 1.82) is 0 Å². The van der Waals surface area contributed by atoms with E-state index in [0.717, 1.165) is 19.5 Å². The topological polar surface area (TPSA) is 49.8 Å². The normalized spacial score (nSPS) is 33.8. The van der Waals surface area contributed by atoms with Gasteiger partial charge in [-0.05, 0) is 33.2 Å². The number of nitrogens with zero attached hydrogens (tertiary/aromatic N) is 1. The molecule has 0 aliphatic carbocycles. The second-order valence-corrected chi connectivity index (χ2v) is 4.97. The van der Waals surface area contributed by atoms with E-state index >= 15 is 0 Å². The summed E-state index contributed by atoms with van der Waals surface area (Å²) < 4.78 is 5.50. The molecule has 2 rings (SSSR count). The minimum absolute atomic E-state index is 0.0890. The molecule has 96 valence electrons. The zero-order valence-corrected chi connectivity index (χ0v) is 10.6. The van der Waals surface area contributed by atoms with Gasteiger partial charge in [0, 0.05) is 24.1 Å². The van der Waals surface area contributed by atoms with Gasteiger partial charge in [0.1, 0.15) is 6.10 Å². The monoisotopic (exact) mass is 239 g/mol. The highest BCUT2D eigenvalue weighted by atomic mass is 16.5. The summed E-state index contributed by atoms with van der Waals surface area (Å²) in [6.45, 7) is 5.53. The van der Waals surface area contributed by atoms with E-state index < -0.39 is 0 Å². The number of hydrogen-bond acceptors (Lipinski definition) is 4. The molecule has 0 aromatic rings. The van der Waals surface area contributed by atoms with Crippen LogP contribution >= 0.6 is 0 Å². The molecule has 4 heteroatoms. The molecule has 2 aliphatic heterocycles. The molecular formula is C13H21NO3. The van der Waals surface area contributed by atoms with Crippen molar-refractivity contribution >= 4 is 5.97 Å². The minimum Gasteiger partial charge on any atom is -0.457 e. The Morgan fingerprint density at radius 3 is 3.00 bits per heavy atom. The van der Waals surface area contributed by atoms with E-state index in [1.54, 1.807) is 13.0 Å². The van der Waals surface area contributed by atoms with Crippen LogP contribution in [0.1, 0.15) is 26.7 Å². The Balaban J connectivity index is 2.00. The first kappa shape index (κ1) is 12.6. The molecule has 2 aliphatic rings. The fraction of sp³-hybridized carbons (Fsp3) is 0.769. The molecule has 1 N–H and O–H groups in total. The molecule has 0 amide bonds.